The van der Waals surface area contributed by atoms with Crippen molar-refractivity contribution in [2.45, 2.75) is 40.2 Å². The molecule has 0 aliphatic heterocycles. The Kier molecular flexibility index (Phi) is 7.35. The monoisotopic (exact) mass is 301 g/mol. The summed E-state index contributed by atoms with van der Waals surface area (Å²) >= 11 is 0. The standard InChI is InChI=1S/C14H27N3O4/c1-7-17(10(2)9-16(5)6)13(21)15-11(18)8-14(3,4)12(19)20/h10H,7-9H2,1-6H3,(H,19,20)(H,15,18,21). The molecule has 0 aliphatic rings. The average Bonchev–Trinajstić information content (AvgIpc) is 2.26. The van der Waals surface area contributed by atoms with Crippen LogP contribution < -0.4 is 5.32 Å². The Bertz CT molecular complexity index is 394. The third-order valence-electron chi connectivity index (χ3n) is 3.19. The maximum absolute atomic E-state index is 12.1. The van der Waals surface area contributed by atoms with E-state index in [2.05, 4.69) is 5.32 Å². The zero-order valence-electron chi connectivity index (χ0n) is 13.8. The fraction of sp³-hybridized carbons (Fsp3) is 0.786. The van der Waals surface area contributed by atoms with Crippen LogP contribution in [0, 0.1) is 5.41 Å². The Morgan fingerprint density at radius 2 is 1.76 bits per heavy atom. The summed E-state index contributed by atoms with van der Waals surface area (Å²) in [5.74, 6) is -1.65. The number of amides is 3. The second-order valence-electron chi connectivity index (χ2n) is 6.12. The molecule has 3 amide bonds. The van der Waals surface area contributed by atoms with Crippen LogP contribution in [0.5, 0.6) is 0 Å². The molecule has 21 heavy (non-hydrogen) atoms. The van der Waals surface area contributed by atoms with E-state index in [0.29, 0.717) is 13.1 Å². The molecule has 2 N–H and O–H groups in total. The average molecular weight is 301 g/mol. The number of carbonyl (C=O) groups excluding carboxylic acids is 2. The Morgan fingerprint density at radius 3 is 2.14 bits per heavy atom. The van der Waals surface area contributed by atoms with Crippen molar-refractivity contribution in [3.63, 3.8) is 0 Å². The van der Waals surface area contributed by atoms with Gasteiger partial charge in [0.15, 0.2) is 0 Å². The van der Waals surface area contributed by atoms with Crippen molar-refractivity contribution in [2.24, 2.45) is 5.41 Å². The number of carboxylic acids is 1. The second kappa shape index (κ2) is 7.97. The van der Waals surface area contributed by atoms with Crippen molar-refractivity contribution in [1.82, 2.24) is 15.1 Å². The zero-order valence-corrected chi connectivity index (χ0v) is 13.8. The van der Waals surface area contributed by atoms with Crippen molar-refractivity contribution in [1.29, 1.82) is 0 Å². The summed E-state index contributed by atoms with van der Waals surface area (Å²) < 4.78 is 0. The number of hydrogen-bond acceptors (Lipinski definition) is 4. The van der Waals surface area contributed by atoms with Crippen molar-refractivity contribution in [2.75, 3.05) is 27.2 Å². The van der Waals surface area contributed by atoms with Crippen molar-refractivity contribution < 1.29 is 19.5 Å². The molecule has 0 radical (unpaired) electrons. The number of carboxylic acid groups (broad SMARTS) is 1. The van der Waals surface area contributed by atoms with E-state index in [1.165, 1.54) is 13.8 Å². The molecule has 0 spiro atoms. The Hall–Kier alpha value is -1.63. The first-order chi connectivity index (χ1) is 9.51. The molecule has 7 nitrogen and oxygen atoms in total. The predicted octanol–water partition coefficient (Wildman–Crippen LogP) is 0.996. The number of imide groups is 1. The van der Waals surface area contributed by atoms with Crippen molar-refractivity contribution in [3.8, 4) is 0 Å². The van der Waals surface area contributed by atoms with Gasteiger partial charge < -0.3 is 14.9 Å². The molecule has 1 atom stereocenters. The summed E-state index contributed by atoms with van der Waals surface area (Å²) in [7, 11) is 3.81. The maximum atomic E-state index is 12.1. The normalized spacial score (nSPS) is 12.9. The van der Waals surface area contributed by atoms with Gasteiger partial charge in [-0.05, 0) is 41.8 Å². The van der Waals surface area contributed by atoms with Gasteiger partial charge in [-0.2, -0.15) is 0 Å². The Morgan fingerprint density at radius 1 is 1.24 bits per heavy atom. The lowest BCUT2D eigenvalue weighted by Gasteiger charge is -2.30. The minimum absolute atomic E-state index is 0.0507. The molecule has 0 aromatic rings. The van der Waals surface area contributed by atoms with Crippen LogP contribution in [0.25, 0.3) is 0 Å². The number of rotatable bonds is 7. The number of aliphatic carboxylic acids is 1. The lowest BCUT2D eigenvalue weighted by molar-refractivity contribution is -0.149. The molecule has 0 saturated heterocycles. The van der Waals surface area contributed by atoms with Gasteiger partial charge in [0.25, 0.3) is 0 Å². The van der Waals surface area contributed by atoms with Gasteiger partial charge in [-0.15, -0.1) is 0 Å². The van der Waals surface area contributed by atoms with Gasteiger partial charge in [-0.3, -0.25) is 14.9 Å². The highest BCUT2D eigenvalue weighted by Gasteiger charge is 2.31. The number of hydrogen-bond donors (Lipinski definition) is 2. The van der Waals surface area contributed by atoms with Crippen molar-refractivity contribution in [3.05, 3.63) is 0 Å². The topological polar surface area (TPSA) is 90.0 Å². The largest absolute Gasteiger partial charge is 0.481 e. The molecule has 0 bridgehead atoms. The van der Waals surface area contributed by atoms with Gasteiger partial charge in [0, 0.05) is 25.6 Å². The van der Waals surface area contributed by atoms with E-state index < -0.39 is 23.3 Å². The van der Waals surface area contributed by atoms with Gasteiger partial charge in [0.2, 0.25) is 5.91 Å². The minimum atomic E-state index is -1.20. The molecular formula is C14H27N3O4. The summed E-state index contributed by atoms with van der Waals surface area (Å²) in [6, 6.07) is -0.539. The molecule has 0 heterocycles. The van der Waals surface area contributed by atoms with E-state index in [0.717, 1.165) is 0 Å². The molecule has 0 rings (SSSR count). The molecule has 1 unspecified atom stereocenters. The van der Waals surface area contributed by atoms with Gasteiger partial charge in [0.05, 0.1) is 5.41 Å². The van der Waals surface area contributed by atoms with E-state index in [1.807, 2.05) is 32.8 Å². The highest BCUT2D eigenvalue weighted by Crippen LogP contribution is 2.20. The van der Waals surface area contributed by atoms with E-state index in [1.54, 1.807) is 4.90 Å². The third kappa shape index (κ3) is 6.57. The van der Waals surface area contributed by atoms with Crippen LogP contribution in [0.3, 0.4) is 0 Å². The smallest absolute Gasteiger partial charge is 0.324 e. The van der Waals surface area contributed by atoms with Crippen LogP contribution in [0.2, 0.25) is 0 Å². The SMILES string of the molecule is CCN(C(=O)NC(=O)CC(C)(C)C(=O)O)C(C)CN(C)C. The summed E-state index contributed by atoms with van der Waals surface area (Å²) in [6.45, 7) is 7.77. The van der Waals surface area contributed by atoms with E-state index in [9.17, 15) is 14.4 Å². The number of carbonyl (C=O) groups is 3. The van der Waals surface area contributed by atoms with Crippen molar-refractivity contribution >= 4 is 17.9 Å². The van der Waals surface area contributed by atoms with Crippen LogP contribution in [0.1, 0.15) is 34.1 Å². The fourth-order valence-corrected chi connectivity index (χ4v) is 1.99. The number of likely N-dealkylation sites (N-methyl/N-ethyl adjacent to an activating group) is 2. The minimum Gasteiger partial charge on any atom is -0.481 e. The van der Waals surface area contributed by atoms with Gasteiger partial charge >= 0.3 is 12.0 Å². The van der Waals surface area contributed by atoms with Crippen LogP contribution in [0.4, 0.5) is 4.79 Å². The first kappa shape index (κ1) is 19.4. The first-order valence-corrected chi connectivity index (χ1v) is 6.99. The molecule has 0 saturated carbocycles. The van der Waals surface area contributed by atoms with Gasteiger partial charge in [0.1, 0.15) is 0 Å². The Balaban J connectivity index is 4.64. The zero-order chi connectivity index (χ0) is 16.8. The van der Waals surface area contributed by atoms with Crippen LogP contribution in [0.15, 0.2) is 0 Å². The van der Waals surface area contributed by atoms with Crippen LogP contribution >= 0.6 is 0 Å². The Labute approximate surface area is 126 Å². The molecule has 122 valence electrons. The summed E-state index contributed by atoms with van der Waals surface area (Å²) in [5, 5.41) is 11.2. The number of urea groups is 1. The molecule has 7 heteroatoms. The molecule has 0 aromatic carbocycles. The number of nitrogens with one attached hydrogen (secondary N) is 1. The molecule has 0 aromatic heterocycles. The third-order valence-corrected chi connectivity index (χ3v) is 3.19. The molecular weight excluding hydrogens is 274 g/mol. The second-order valence-corrected chi connectivity index (χ2v) is 6.12. The fourth-order valence-electron chi connectivity index (χ4n) is 1.99. The van der Waals surface area contributed by atoms with E-state index >= 15 is 0 Å². The summed E-state index contributed by atoms with van der Waals surface area (Å²) in [5.41, 5.74) is -1.20. The summed E-state index contributed by atoms with van der Waals surface area (Å²) in [6.07, 6.45) is -0.242. The highest BCUT2D eigenvalue weighted by atomic mass is 16.4. The lowest BCUT2D eigenvalue weighted by atomic mass is 9.89. The van der Waals surface area contributed by atoms with Gasteiger partial charge in [-0.1, -0.05) is 0 Å². The van der Waals surface area contributed by atoms with E-state index in [4.69, 9.17) is 5.11 Å². The molecule has 0 aliphatic carbocycles. The van der Waals surface area contributed by atoms with Crippen LogP contribution in [-0.2, 0) is 9.59 Å². The van der Waals surface area contributed by atoms with Gasteiger partial charge in [-0.25, -0.2) is 4.79 Å². The quantitative estimate of drug-likeness (QED) is 0.732. The first-order valence-electron chi connectivity index (χ1n) is 6.99. The van der Waals surface area contributed by atoms with Crippen LogP contribution in [-0.4, -0.2) is 66.0 Å². The molecule has 0 fully saturated rings. The lowest BCUT2D eigenvalue weighted by Crippen LogP contribution is -2.50. The maximum Gasteiger partial charge on any atom is 0.324 e. The predicted molar refractivity (Wildman–Crippen MR) is 80.0 cm³/mol. The highest BCUT2D eigenvalue weighted by molar-refractivity contribution is 5.96. The summed E-state index contributed by atoms with van der Waals surface area (Å²) in [4.78, 5) is 38.4. The number of nitrogens with zero attached hydrogens (tertiary/aromatic N) is 2. The van der Waals surface area contributed by atoms with E-state index in [-0.39, 0.29) is 12.5 Å².